The minimum atomic E-state index is 0.650. The number of unbranched alkanes of at least 4 members (excludes halogenated alkanes) is 1. The standard InChI is InChI=1S/C8H11NOS/c10-5-2-1-4-9-8-3-6-11-7-8/h3,5-7,9H,1-2,4H2. The number of carbonyl (C=O) groups is 1. The quantitative estimate of drug-likeness (QED) is 0.540. The molecule has 0 bridgehead atoms. The summed E-state index contributed by atoms with van der Waals surface area (Å²) >= 11 is 1.67. The number of carbonyl (C=O) groups excluding carboxylic acids is 1. The van der Waals surface area contributed by atoms with E-state index in [-0.39, 0.29) is 0 Å². The zero-order valence-electron chi connectivity index (χ0n) is 6.25. The molecule has 1 rings (SSSR count). The van der Waals surface area contributed by atoms with Crippen molar-refractivity contribution in [2.24, 2.45) is 0 Å². The topological polar surface area (TPSA) is 29.1 Å². The molecule has 0 amide bonds. The molecule has 0 atom stereocenters. The van der Waals surface area contributed by atoms with Crippen molar-refractivity contribution in [1.82, 2.24) is 0 Å². The smallest absolute Gasteiger partial charge is 0.120 e. The lowest BCUT2D eigenvalue weighted by molar-refractivity contribution is -0.107. The maximum absolute atomic E-state index is 9.94. The molecular weight excluding hydrogens is 158 g/mol. The van der Waals surface area contributed by atoms with Crippen molar-refractivity contribution in [3.05, 3.63) is 16.8 Å². The predicted molar refractivity (Wildman–Crippen MR) is 48.1 cm³/mol. The van der Waals surface area contributed by atoms with Crippen molar-refractivity contribution in [1.29, 1.82) is 0 Å². The first-order valence-electron chi connectivity index (χ1n) is 3.63. The summed E-state index contributed by atoms with van der Waals surface area (Å²) in [6.07, 6.45) is 2.52. The molecule has 0 unspecified atom stereocenters. The van der Waals surface area contributed by atoms with E-state index in [1.54, 1.807) is 11.3 Å². The fourth-order valence-electron chi connectivity index (χ4n) is 0.783. The van der Waals surface area contributed by atoms with Crippen LogP contribution in [0.15, 0.2) is 16.8 Å². The van der Waals surface area contributed by atoms with E-state index in [0.717, 1.165) is 24.9 Å². The molecule has 0 fully saturated rings. The Morgan fingerprint density at radius 1 is 1.64 bits per heavy atom. The van der Waals surface area contributed by atoms with E-state index in [0.29, 0.717) is 6.42 Å². The zero-order valence-corrected chi connectivity index (χ0v) is 7.06. The van der Waals surface area contributed by atoms with Crippen molar-refractivity contribution < 1.29 is 4.79 Å². The average molecular weight is 169 g/mol. The van der Waals surface area contributed by atoms with Crippen LogP contribution in [-0.4, -0.2) is 12.8 Å². The van der Waals surface area contributed by atoms with E-state index in [1.807, 2.05) is 11.4 Å². The van der Waals surface area contributed by atoms with E-state index in [2.05, 4.69) is 10.7 Å². The van der Waals surface area contributed by atoms with Gasteiger partial charge in [-0.1, -0.05) is 0 Å². The van der Waals surface area contributed by atoms with E-state index < -0.39 is 0 Å². The van der Waals surface area contributed by atoms with Gasteiger partial charge in [-0.2, -0.15) is 11.3 Å². The Balaban J connectivity index is 2.09. The van der Waals surface area contributed by atoms with Crippen molar-refractivity contribution >= 4 is 23.3 Å². The zero-order chi connectivity index (χ0) is 7.94. The second-order valence-electron chi connectivity index (χ2n) is 2.25. The summed E-state index contributed by atoms with van der Waals surface area (Å²) in [6, 6.07) is 2.03. The molecule has 1 heterocycles. The highest BCUT2D eigenvalue weighted by Crippen LogP contribution is 2.11. The third kappa shape index (κ3) is 3.18. The minimum absolute atomic E-state index is 0.650. The van der Waals surface area contributed by atoms with Crippen LogP contribution in [0.5, 0.6) is 0 Å². The molecule has 0 saturated carbocycles. The summed E-state index contributed by atoms with van der Waals surface area (Å²) in [5.41, 5.74) is 1.15. The second kappa shape index (κ2) is 4.91. The summed E-state index contributed by atoms with van der Waals surface area (Å²) < 4.78 is 0. The highest BCUT2D eigenvalue weighted by Gasteiger charge is 1.89. The lowest BCUT2D eigenvalue weighted by Crippen LogP contribution is -1.99. The molecule has 0 spiro atoms. The highest BCUT2D eigenvalue weighted by atomic mass is 32.1. The third-order valence-electron chi connectivity index (χ3n) is 1.35. The van der Waals surface area contributed by atoms with Gasteiger partial charge in [0, 0.05) is 24.0 Å². The van der Waals surface area contributed by atoms with Gasteiger partial charge in [-0.15, -0.1) is 0 Å². The van der Waals surface area contributed by atoms with Crippen LogP contribution < -0.4 is 5.32 Å². The highest BCUT2D eigenvalue weighted by molar-refractivity contribution is 7.08. The first-order chi connectivity index (χ1) is 5.43. The molecule has 1 aromatic heterocycles. The molecule has 1 N–H and O–H groups in total. The predicted octanol–water partition coefficient (Wildman–Crippen LogP) is 2.14. The minimum Gasteiger partial charge on any atom is -0.384 e. The van der Waals surface area contributed by atoms with E-state index in [1.165, 1.54) is 0 Å². The molecular formula is C8H11NOS. The van der Waals surface area contributed by atoms with Crippen LogP contribution in [0.1, 0.15) is 12.8 Å². The molecule has 0 saturated heterocycles. The number of thiophene rings is 1. The Kier molecular flexibility index (Phi) is 3.69. The number of hydrogen-bond donors (Lipinski definition) is 1. The van der Waals surface area contributed by atoms with Gasteiger partial charge < -0.3 is 10.1 Å². The molecule has 1 aromatic rings. The fraction of sp³-hybridized carbons (Fsp3) is 0.375. The van der Waals surface area contributed by atoms with Gasteiger partial charge in [0.2, 0.25) is 0 Å². The van der Waals surface area contributed by atoms with Gasteiger partial charge in [0.15, 0.2) is 0 Å². The second-order valence-corrected chi connectivity index (χ2v) is 3.03. The summed E-state index contributed by atoms with van der Waals surface area (Å²) in [7, 11) is 0. The van der Waals surface area contributed by atoms with Gasteiger partial charge >= 0.3 is 0 Å². The molecule has 2 nitrogen and oxygen atoms in total. The van der Waals surface area contributed by atoms with Gasteiger partial charge in [-0.05, 0) is 17.9 Å². The van der Waals surface area contributed by atoms with Crippen LogP contribution in [-0.2, 0) is 4.79 Å². The Hall–Kier alpha value is -0.830. The summed E-state index contributed by atoms with van der Waals surface area (Å²) in [4.78, 5) is 9.94. The molecule has 3 heteroatoms. The Bertz CT molecular complexity index is 196. The largest absolute Gasteiger partial charge is 0.384 e. The molecule has 11 heavy (non-hydrogen) atoms. The SMILES string of the molecule is O=CCCCNc1ccsc1. The Labute approximate surface area is 70.2 Å². The lowest BCUT2D eigenvalue weighted by atomic mass is 10.3. The molecule has 60 valence electrons. The number of hydrogen-bond acceptors (Lipinski definition) is 3. The maximum Gasteiger partial charge on any atom is 0.120 e. The Morgan fingerprint density at radius 2 is 2.55 bits per heavy atom. The summed E-state index contributed by atoms with van der Waals surface area (Å²) in [5.74, 6) is 0. The normalized spacial score (nSPS) is 9.45. The third-order valence-corrected chi connectivity index (χ3v) is 2.03. The molecule has 0 radical (unpaired) electrons. The van der Waals surface area contributed by atoms with Gasteiger partial charge in [0.1, 0.15) is 6.29 Å². The van der Waals surface area contributed by atoms with Crippen LogP contribution in [0, 0.1) is 0 Å². The monoisotopic (exact) mass is 169 g/mol. The molecule has 0 aromatic carbocycles. The number of nitrogens with one attached hydrogen (secondary N) is 1. The van der Waals surface area contributed by atoms with Crippen molar-refractivity contribution in [2.75, 3.05) is 11.9 Å². The van der Waals surface area contributed by atoms with Crippen LogP contribution in [0.3, 0.4) is 0 Å². The molecule has 0 aliphatic heterocycles. The fourth-order valence-corrected chi connectivity index (χ4v) is 1.40. The molecule has 0 aliphatic carbocycles. The molecule has 0 aliphatic rings. The summed E-state index contributed by atoms with van der Waals surface area (Å²) in [6.45, 7) is 0.884. The van der Waals surface area contributed by atoms with Crippen molar-refractivity contribution in [2.45, 2.75) is 12.8 Å². The number of rotatable bonds is 5. The summed E-state index contributed by atoms with van der Waals surface area (Å²) in [5, 5.41) is 7.30. The van der Waals surface area contributed by atoms with Crippen LogP contribution in [0.25, 0.3) is 0 Å². The van der Waals surface area contributed by atoms with Crippen molar-refractivity contribution in [3.63, 3.8) is 0 Å². The van der Waals surface area contributed by atoms with Gasteiger partial charge in [-0.25, -0.2) is 0 Å². The van der Waals surface area contributed by atoms with Crippen molar-refractivity contribution in [3.8, 4) is 0 Å². The number of anilines is 1. The number of aldehydes is 1. The maximum atomic E-state index is 9.94. The van der Waals surface area contributed by atoms with E-state index in [4.69, 9.17) is 0 Å². The van der Waals surface area contributed by atoms with Gasteiger partial charge in [-0.3, -0.25) is 0 Å². The lowest BCUT2D eigenvalue weighted by Gasteiger charge is -1.99. The van der Waals surface area contributed by atoms with Gasteiger partial charge in [0.05, 0.1) is 0 Å². The first-order valence-corrected chi connectivity index (χ1v) is 4.57. The van der Waals surface area contributed by atoms with Crippen LogP contribution in [0.4, 0.5) is 5.69 Å². The van der Waals surface area contributed by atoms with E-state index in [9.17, 15) is 4.79 Å². The van der Waals surface area contributed by atoms with E-state index >= 15 is 0 Å². The Morgan fingerprint density at radius 3 is 3.18 bits per heavy atom. The van der Waals surface area contributed by atoms with Gasteiger partial charge in [0.25, 0.3) is 0 Å². The van der Waals surface area contributed by atoms with Crippen LogP contribution >= 0.6 is 11.3 Å². The average Bonchev–Trinajstić information content (AvgIpc) is 2.50. The van der Waals surface area contributed by atoms with Crippen LogP contribution in [0.2, 0.25) is 0 Å². The first kappa shape index (κ1) is 8.27.